The third-order valence-electron chi connectivity index (χ3n) is 6.98. The molecule has 0 radical (unpaired) electrons. The van der Waals surface area contributed by atoms with Crippen molar-refractivity contribution in [2.24, 2.45) is 5.73 Å². The zero-order valence-electron chi connectivity index (χ0n) is 18.1. The second kappa shape index (κ2) is 6.92. The number of nitrogens with two attached hydrogens (primary N) is 1. The lowest BCUT2D eigenvalue weighted by Gasteiger charge is -2.27. The molecule has 0 saturated carbocycles. The number of allylic oxidation sites excluding steroid dienone is 4. The highest BCUT2D eigenvalue weighted by atomic mass is 16.3. The molecule has 2 heterocycles. The third kappa shape index (κ3) is 2.71. The normalized spacial score (nSPS) is 17.5. The lowest BCUT2D eigenvalue weighted by atomic mass is 9.90. The van der Waals surface area contributed by atoms with Gasteiger partial charge >= 0.3 is 0 Å². The molecular weight excluding hydrogens is 404 g/mol. The van der Waals surface area contributed by atoms with E-state index in [9.17, 15) is 0 Å². The number of para-hydroxylation sites is 2. The van der Waals surface area contributed by atoms with Crippen molar-refractivity contribution < 1.29 is 4.42 Å². The Morgan fingerprint density at radius 3 is 2.42 bits per heavy atom. The van der Waals surface area contributed by atoms with Gasteiger partial charge in [0.05, 0.1) is 11.6 Å². The number of aromatic nitrogens is 1. The van der Waals surface area contributed by atoms with Crippen LogP contribution in [-0.4, -0.2) is 4.57 Å². The fraction of sp³-hybridized carbons (Fsp3) is 0.133. The molecule has 2 aliphatic rings. The van der Waals surface area contributed by atoms with Gasteiger partial charge in [-0.1, -0.05) is 60.4 Å². The fourth-order valence-electron chi connectivity index (χ4n) is 5.48. The van der Waals surface area contributed by atoms with Crippen LogP contribution in [-0.2, 0) is 6.42 Å². The van der Waals surface area contributed by atoms with E-state index < -0.39 is 0 Å². The van der Waals surface area contributed by atoms with Crippen molar-refractivity contribution in [2.45, 2.75) is 25.3 Å². The van der Waals surface area contributed by atoms with E-state index in [1.807, 2.05) is 6.08 Å². The van der Waals surface area contributed by atoms with Gasteiger partial charge in [-0.2, -0.15) is 0 Å². The van der Waals surface area contributed by atoms with Crippen LogP contribution in [0.3, 0.4) is 0 Å². The maximum absolute atomic E-state index is 6.39. The van der Waals surface area contributed by atoms with Gasteiger partial charge in [0.1, 0.15) is 11.3 Å². The molecule has 5 aromatic rings. The van der Waals surface area contributed by atoms with Crippen LogP contribution in [0.25, 0.3) is 38.3 Å². The molecule has 2 aromatic heterocycles. The van der Waals surface area contributed by atoms with Crippen molar-refractivity contribution in [1.82, 2.24) is 4.57 Å². The van der Waals surface area contributed by atoms with Crippen molar-refractivity contribution in [3.63, 3.8) is 0 Å². The SMILES string of the molecule is NC1=CC=C(c2ccc3c4c(oc3c2)CCC#C4)C(n2c3ccccc3c3ccccc32)C1. The predicted molar refractivity (Wildman–Crippen MR) is 135 cm³/mol. The van der Waals surface area contributed by atoms with Gasteiger partial charge in [-0.05, 0) is 41.5 Å². The quantitative estimate of drug-likeness (QED) is 0.319. The number of fused-ring (bicyclic) bond motifs is 6. The number of rotatable bonds is 2. The van der Waals surface area contributed by atoms with Gasteiger partial charge in [-0.15, -0.1) is 0 Å². The van der Waals surface area contributed by atoms with Crippen molar-refractivity contribution in [1.29, 1.82) is 0 Å². The van der Waals surface area contributed by atoms with E-state index in [-0.39, 0.29) is 6.04 Å². The Hall–Kier alpha value is -4.16. The number of nitrogens with zero attached hydrogens (tertiary/aromatic N) is 1. The van der Waals surface area contributed by atoms with E-state index in [0.29, 0.717) is 0 Å². The van der Waals surface area contributed by atoms with Crippen LogP contribution in [0.4, 0.5) is 0 Å². The van der Waals surface area contributed by atoms with E-state index in [4.69, 9.17) is 10.2 Å². The van der Waals surface area contributed by atoms with E-state index in [2.05, 4.69) is 89.2 Å². The number of benzene rings is 3. The zero-order chi connectivity index (χ0) is 21.9. The molecule has 0 aliphatic heterocycles. The van der Waals surface area contributed by atoms with Crippen LogP contribution >= 0.6 is 0 Å². The Morgan fingerprint density at radius 1 is 0.879 bits per heavy atom. The Bertz CT molecular complexity index is 1660. The summed E-state index contributed by atoms with van der Waals surface area (Å²) in [6, 6.07) is 23.9. The van der Waals surface area contributed by atoms with Gasteiger partial charge in [0.2, 0.25) is 0 Å². The van der Waals surface area contributed by atoms with Gasteiger partial charge in [-0.3, -0.25) is 0 Å². The first kappa shape index (κ1) is 18.4. The third-order valence-corrected chi connectivity index (χ3v) is 6.98. The standard InChI is InChI=1S/C30H22N2O/c31-20-14-16-21(19-13-15-25-24-9-3-6-12-29(24)33-30(25)17-19)28(18-20)32-26-10-4-1-7-22(26)23-8-2-5-11-27(23)32/h1-2,4-5,7-8,10-11,13-17,28H,6,12,18,31H2. The molecule has 2 aliphatic carbocycles. The minimum absolute atomic E-state index is 0.0987. The molecule has 0 saturated heterocycles. The second-order valence-corrected chi connectivity index (χ2v) is 8.90. The van der Waals surface area contributed by atoms with Crippen LogP contribution in [0.1, 0.15) is 35.8 Å². The first-order valence-corrected chi connectivity index (χ1v) is 11.5. The van der Waals surface area contributed by atoms with Gasteiger partial charge in [0, 0.05) is 52.2 Å². The van der Waals surface area contributed by atoms with Crippen LogP contribution < -0.4 is 5.73 Å². The molecule has 1 unspecified atom stereocenters. The van der Waals surface area contributed by atoms with Crippen molar-refractivity contribution in [2.75, 3.05) is 0 Å². The van der Waals surface area contributed by atoms with Gasteiger partial charge < -0.3 is 14.7 Å². The topological polar surface area (TPSA) is 44.1 Å². The van der Waals surface area contributed by atoms with Crippen LogP contribution in [0.15, 0.2) is 89.0 Å². The van der Waals surface area contributed by atoms with E-state index >= 15 is 0 Å². The average molecular weight is 427 g/mol. The van der Waals surface area contributed by atoms with E-state index in [0.717, 1.165) is 52.8 Å². The predicted octanol–water partition coefficient (Wildman–Crippen LogP) is 6.71. The highest BCUT2D eigenvalue weighted by Gasteiger charge is 2.26. The van der Waals surface area contributed by atoms with Gasteiger partial charge in [0.15, 0.2) is 0 Å². The summed E-state index contributed by atoms with van der Waals surface area (Å²) in [4.78, 5) is 0. The molecule has 0 spiro atoms. The molecular formula is C30H22N2O. The summed E-state index contributed by atoms with van der Waals surface area (Å²) in [5, 5.41) is 3.66. The average Bonchev–Trinajstić information content (AvgIpc) is 3.39. The first-order chi connectivity index (χ1) is 16.3. The first-order valence-electron chi connectivity index (χ1n) is 11.5. The largest absolute Gasteiger partial charge is 0.460 e. The fourth-order valence-corrected chi connectivity index (χ4v) is 5.48. The molecule has 158 valence electrons. The van der Waals surface area contributed by atoms with Crippen LogP contribution in [0.5, 0.6) is 0 Å². The van der Waals surface area contributed by atoms with E-state index in [1.165, 1.54) is 27.4 Å². The molecule has 3 heteroatoms. The summed E-state index contributed by atoms with van der Waals surface area (Å²) in [5.41, 5.74) is 14.1. The number of hydrogen-bond acceptors (Lipinski definition) is 2. The van der Waals surface area contributed by atoms with Crippen molar-refractivity contribution in [3.8, 4) is 11.8 Å². The minimum Gasteiger partial charge on any atom is -0.460 e. The Labute approximate surface area is 191 Å². The van der Waals surface area contributed by atoms with Gasteiger partial charge in [0.25, 0.3) is 0 Å². The maximum Gasteiger partial charge on any atom is 0.136 e. The molecule has 33 heavy (non-hydrogen) atoms. The molecule has 0 fully saturated rings. The zero-order valence-corrected chi connectivity index (χ0v) is 18.1. The summed E-state index contributed by atoms with van der Waals surface area (Å²) in [6.07, 6.45) is 6.75. The summed E-state index contributed by atoms with van der Waals surface area (Å²) in [6.45, 7) is 0. The Morgan fingerprint density at radius 2 is 1.64 bits per heavy atom. The van der Waals surface area contributed by atoms with Crippen molar-refractivity contribution in [3.05, 3.63) is 101 Å². The lowest BCUT2D eigenvalue weighted by molar-refractivity contribution is 0.547. The smallest absolute Gasteiger partial charge is 0.136 e. The number of hydrogen-bond donors (Lipinski definition) is 1. The highest BCUT2D eigenvalue weighted by Crippen LogP contribution is 2.42. The maximum atomic E-state index is 6.39. The Balaban J connectivity index is 1.44. The van der Waals surface area contributed by atoms with Crippen LogP contribution in [0, 0.1) is 11.8 Å². The number of furan rings is 1. The minimum atomic E-state index is 0.0987. The molecule has 2 N–H and O–H groups in total. The molecule has 0 bridgehead atoms. The molecule has 0 amide bonds. The summed E-state index contributed by atoms with van der Waals surface area (Å²) in [7, 11) is 0. The van der Waals surface area contributed by atoms with Crippen LogP contribution in [0.2, 0.25) is 0 Å². The molecule has 3 nitrogen and oxygen atoms in total. The monoisotopic (exact) mass is 426 g/mol. The van der Waals surface area contributed by atoms with Gasteiger partial charge in [-0.25, -0.2) is 0 Å². The molecule has 1 atom stereocenters. The summed E-state index contributed by atoms with van der Waals surface area (Å²) >= 11 is 0. The number of aryl methyl sites for hydroxylation is 1. The van der Waals surface area contributed by atoms with E-state index in [1.54, 1.807) is 0 Å². The highest BCUT2D eigenvalue weighted by molar-refractivity contribution is 6.08. The van der Waals surface area contributed by atoms with Crippen molar-refractivity contribution >= 4 is 38.3 Å². The second-order valence-electron chi connectivity index (χ2n) is 8.90. The molecule has 3 aromatic carbocycles. The summed E-state index contributed by atoms with van der Waals surface area (Å²) in [5.74, 6) is 7.50. The molecule has 7 rings (SSSR count). The Kier molecular flexibility index (Phi) is 3.86. The lowest BCUT2D eigenvalue weighted by Crippen LogP contribution is -2.17. The summed E-state index contributed by atoms with van der Waals surface area (Å²) < 4.78 is 8.69.